The lowest BCUT2D eigenvalue weighted by molar-refractivity contribution is 0.0925. The fraction of sp³-hybridized carbons (Fsp3) is 0.435. The van der Waals surface area contributed by atoms with Crippen molar-refractivity contribution in [1.29, 1.82) is 0 Å². The van der Waals surface area contributed by atoms with Crippen LogP contribution < -0.4 is 15.8 Å². The second kappa shape index (κ2) is 9.68. The number of amides is 1. The van der Waals surface area contributed by atoms with Crippen LogP contribution in [0, 0.1) is 0 Å². The first-order valence-corrected chi connectivity index (χ1v) is 11.0. The summed E-state index contributed by atoms with van der Waals surface area (Å²) in [4.78, 5) is 36.7. The van der Waals surface area contributed by atoms with Gasteiger partial charge < -0.3 is 10.2 Å². The standard InChI is InChI=1S/C23H28N6O2/c1-2-3-6-14-29-22(31)19-9-5-4-8-18(19)20(27-29)21(30)26-17-10-15-28(16-11-17)23-24-12-7-13-25-23/h4-5,7-9,12-13,17H,2-3,6,10-11,14-16H2,1H3,(H,26,30). The van der Waals surface area contributed by atoms with E-state index in [1.807, 2.05) is 12.1 Å². The fourth-order valence-electron chi connectivity index (χ4n) is 4.00. The van der Waals surface area contributed by atoms with Crippen molar-refractivity contribution in [3.05, 3.63) is 58.8 Å². The van der Waals surface area contributed by atoms with Crippen LogP contribution in [0.4, 0.5) is 5.95 Å². The lowest BCUT2D eigenvalue weighted by Gasteiger charge is -2.32. The Morgan fingerprint density at radius 3 is 2.48 bits per heavy atom. The smallest absolute Gasteiger partial charge is 0.274 e. The molecule has 1 saturated heterocycles. The molecule has 3 heterocycles. The number of unbranched alkanes of at least 4 members (excludes halogenated alkanes) is 2. The van der Waals surface area contributed by atoms with Gasteiger partial charge in [-0.25, -0.2) is 14.6 Å². The Morgan fingerprint density at radius 2 is 1.77 bits per heavy atom. The highest BCUT2D eigenvalue weighted by Crippen LogP contribution is 2.17. The number of aromatic nitrogens is 4. The van der Waals surface area contributed by atoms with E-state index in [-0.39, 0.29) is 17.5 Å². The minimum absolute atomic E-state index is 0.0495. The summed E-state index contributed by atoms with van der Waals surface area (Å²) in [5.41, 5.74) is 0.181. The first-order valence-electron chi connectivity index (χ1n) is 11.0. The monoisotopic (exact) mass is 420 g/mol. The van der Waals surface area contributed by atoms with Crippen molar-refractivity contribution in [2.24, 2.45) is 0 Å². The molecule has 1 fully saturated rings. The molecule has 31 heavy (non-hydrogen) atoms. The molecule has 1 aliphatic heterocycles. The van der Waals surface area contributed by atoms with Crippen LogP contribution in [-0.4, -0.2) is 44.8 Å². The second-order valence-electron chi connectivity index (χ2n) is 7.91. The normalized spacial score (nSPS) is 14.7. The highest BCUT2D eigenvalue weighted by molar-refractivity contribution is 6.04. The fourth-order valence-corrected chi connectivity index (χ4v) is 4.00. The Kier molecular flexibility index (Phi) is 6.54. The van der Waals surface area contributed by atoms with E-state index in [2.05, 4.69) is 32.2 Å². The van der Waals surface area contributed by atoms with Gasteiger partial charge in [0.15, 0.2) is 5.69 Å². The number of nitrogens with zero attached hydrogens (tertiary/aromatic N) is 5. The minimum Gasteiger partial charge on any atom is -0.348 e. The maximum absolute atomic E-state index is 13.1. The predicted molar refractivity (Wildman–Crippen MR) is 120 cm³/mol. The summed E-state index contributed by atoms with van der Waals surface area (Å²) in [6, 6.07) is 9.07. The zero-order valence-electron chi connectivity index (χ0n) is 17.8. The minimum atomic E-state index is -0.227. The first-order chi connectivity index (χ1) is 15.2. The Morgan fingerprint density at radius 1 is 1.06 bits per heavy atom. The van der Waals surface area contributed by atoms with Crippen LogP contribution in [-0.2, 0) is 6.54 Å². The van der Waals surface area contributed by atoms with E-state index in [0.717, 1.165) is 51.1 Å². The van der Waals surface area contributed by atoms with Crippen molar-refractivity contribution >= 4 is 22.6 Å². The van der Waals surface area contributed by atoms with Gasteiger partial charge in [0, 0.05) is 43.5 Å². The molecule has 0 saturated carbocycles. The molecule has 0 atom stereocenters. The van der Waals surface area contributed by atoms with E-state index < -0.39 is 0 Å². The van der Waals surface area contributed by atoms with Crippen molar-refractivity contribution in [3.63, 3.8) is 0 Å². The van der Waals surface area contributed by atoms with Crippen molar-refractivity contribution in [1.82, 2.24) is 25.1 Å². The predicted octanol–water partition coefficient (Wildman–Crippen LogP) is 2.78. The molecular formula is C23H28N6O2. The number of aryl methyl sites for hydroxylation is 1. The van der Waals surface area contributed by atoms with E-state index in [0.29, 0.717) is 23.0 Å². The molecule has 3 aromatic rings. The van der Waals surface area contributed by atoms with Crippen molar-refractivity contribution in [2.75, 3.05) is 18.0 Å². The van der Waals surface area contributed by atoms with Crippen LogP contribution in [0.3, 0.4) is 0 Å². The number of carbonyl (C=O) groups excluding carboxylic acids is 1. The summed E-state index contributed by atoms with van der Waals surface area (Å²) < 4.78 is 1.45. The van der Waals surface area contributed by atoms with Crippen molar-refractivity contribution in [2.45, 2.75) is 51.6 Å². The Bertz CT molecular complexity index is 1090. The number of hydrogen-bond acceptors (Lipinski definition) is 6. The molecule has 1 aromatic carbocycles. The average Bonchev–Trinajstić information content (AvgIpc) is 2.82. The van der Waals surface area contributed by atoms with E-state index in [1.165, 1.54) is 4.68 Å². The van der Waals surface area contributed by atoms with E-state index in [1.54, 1.807) is 30.6 Å². The zero-order valence-corrected chi connectivity index (χ0v) is 17.8. The van der Waals surface area contributed by atoms with Gasteiger partial charge in [0.25, 0.3) is 11.5 Å². The second-order valence-corrected chi connectivity index (χ2v) is 7.91. The molecule has 8 nitrogen and oxygen atoms in total. The Hall–Kier alpha value is -3.29. The summed E-state index contributed by atoms with van der Waals surface area (Å²) in [6.07, 6.45) is 8.03. The van der Waals surface area contributed by atoms with Crippen LogP contribution in [0.1, 0.15) is 49.5 Å². The number of hydrogen-bond donors (Lipinski definition) is 1. The van der Waals surface area contributed by atoms with Crippen LogP contribution in [0.15, 0.2) is 47.5 Å². The number of benzene rings is 1. The van der Waals surface area contributed by atoms with Crippen LogP contribution in [0.5, 0.6) is 0 Å². The summed E-state index contributed by atoms with van der Waals surface area (Å²) >= 11 is 0. The zero-order chi connectivity index (χ0) is 21.6. The molecule has 0 spiro atoms. The summed E-state index contributed by atoms with van der Waals surface area (Å²) in [5.74, 6) is 0.494. The maximum atomic E-state index is 13.1. The molecule has 1 amide bonds. The number of fused-ring (bicyclic) bond motifs is 1. The van der Waals surface area contributed by atoms with Gasteiger partial charge in [-0.05, 0) is 31.4 Å². The molecule has 8 heteroatoms. The van der Waals surface area contributed by atoms with Gasteiger partial charge in [-0.1, -0.05) is 38.0 Å². The topological polar surface area (TPSA) is 93.0 Å². The highest BCUT2D eigenvalue weighted by atomic mass is 16.2. The molecule has 0 aliphatic carbocycles. The van der Waals surface area contributed by atoms with Gasteiger partial charge in [-0.2, -0.15) is 5.10 Å². The molecule has 162 valence electrons. The van der Waals surface area contributed by atoms with Gasteiger partial charge in [0.2, 0.25) is 5.95 Å². The van der Waals surface area contributed by atoms with Gasteiger partial charge in [0.05, 0.1) is 5.39 Å². The first kappa shape index (κ1) is 21.0. The summed E-state index contributed by atoms with van der Waals surface area (Å²) in [5, 5.41) is 8.73. The largest absolute Gasteiger partial charge is 0.348 e. The maximum Gasteiger partial charge on any atom is 0.274 e. The average molecular weight is 421 g/mol. The third-order valence-corrected chi connectivity index (χ3v) is 5.72. The molecule has 1 N–H and O–H groups in total. The summed E-state index contributed by atoms with van der Waals surface area (Å²) in [7, 11) is 0. The van der Waals surface area contributed by atoms with E-state index in [9.17, 15) is 9.59 Å². The van der Waals surface area contributed by atoms with Crippen LogP contribution >= 0.6 is 0 Å². The summed E-state index contributed by atoms with van der Waals surface area (Å²) in [6.45, 7) is 4.19. The van der Waals surface area contributed by atoms with Crippen LogP contribution in [0.2, 0.25) is 0 Å². The van der Waals surface area contributed by atoms with Crippen LogP contribution in [0.25, 0.3) is 10.8 Å². The number of carbonyl (C=O) groups is 1. The molecule has 4 rings (SSSR count). The quantitative estimate of drug-likeness (QED) is 0.591. The molecule has 0 unspecified atom stereocenters. The van der Waals surface area contributed by atoms with Gasteiger partial charge in [0.1, 0.15) is 0 Å². The van der Waals surface area contributed by atoms with Crippen molar-refractivity contribution < 1.29 is 4.79 Å². The number of piperidine rings is 1. The van der Waals surface area contributed by atoms with Gasteiger partial charge in [-0.15, -0.1) is 0 Å². The molecule has 0 radical (unpaired) electrons. The third-order valence-electron chi connectivity index (χ3n) is 5.72. The number of nitrogens with one attached hydrogen (secondary N) is 1. The third kappa shape index (κ3) is 4.73. The Labute approximate surface area is 181 Å². The molecule has 2 aromatic heterocycles. The lowest BCUT2D eigenvalue weighted by atomic mass is 10.0. The highest BCUT2D eigenvalue weighted by Gasteiger charge is 2.24. The van der Waals surface area contributed by atoms with Crippen molar-refractivity contribution in [3.8, 4) is 0 Å². The van der Waals surface area contributed by atoms with E-state index in [4.69, 9.17) is 0 Å². The van der Waals surface area contributed by atoms with E-state index >= 15 is 0 Å². The SMILES string of the molecule is CCCCCn1nc(C(=O)NC2CCN(c3ncccn3)CC2)c2ccccc2c1=O. The number of rotatable bonds is 7. The lowest BCUT2D eigenvalue weighted by Crippen LogP contribution is -2.45. The van der Waals surface area contributed by atoms with Gasteiger partial charge in [-0.3, -0.25) is 9.59 Å². The molecular weight excluding hydrogens is 392 g/mol. The molecule has 1 aliphatic rings. The Balaban J connectivity index is 1.50. The van der Waals surface area contributed by atoms with Gasteiger partial charge >= 0.3 is 0 Å². The number of anilines is 1. The molecule has 0 bridgehead atoms.